The van der Waals surface area contributed by atoms with Gasteiger partial charge in [0.1, 0.15) is 17.4 Å². The maximum Gasteiger partial charge on any atom is 0.320 e. The first kappa shape index (κ1) is 20.9. The van der Waals surface area contributed by atoms with Crippen LogP contribution in [0.5, 0.6) is 11.5 Å². The molecule has 0 saturated carbocycles. The van der Waals surface area contributed by atoms with Gasteiger partial charge in [0.2, 0.25) is 0 Å². The molecule has 0 fully saturated rings. The molecular formula is C22H17FN4O5. The molecule has 1 aliphatic heterocycles. The topological polar surface area (TPSA) is 123 Å². The van der Waals surface area contributed by atoms with E-state index in [4.69, 9.17) is 4.74 Å². The van der Waals surface area contributed by atoms with Gasteiger partial charge in [-0.1, -0.05) is 18.2 Å². The third-order valence-corrected chi connectivity index (χ3v) is 4.84. The van der Waals surface area contributed by atoms with Crippen LogP contribution in [0.15, 0.2) is 54.7 Å². The molecule has 0 radical (unpaired) electrons. The summed E-state index contributed by atoms with van der Waals surface area (Å²) in [6.07, 6.45) is 1.54. The maximum atomic E-state index is 14.6. The summed E-state index contributed by atoms with van der Waals surface area (Å²) < 4.78 is 20.3. The van der Waals surface area contributed by atoms with Crippen LogP contribution in [0, 0.1) is 15.9 Å². The van der Waals surface area contributed by atoms with E-state index >= 15 is 0 Å². The number of fused-ring (bicyclic) bond motifs is 1. The molecule has 4 rings (SSSR count). The van der Waals surface area contributed by atoms with Gasteiger partial charge in [-0.3, -0.25) is 20.2 Å². The van der Waals surface area contributed by atoms with Gasteiger partial charge in [-0.15, -0.1) is 0 Å². The summed E-state index contributed by atoms with van der Waals surface area (Å²) in [5, 5.41) is 15.9. The highest BCUT2D eigenvalue weighted by Gasteiger charge is 2.20. The molecule has 0 saturated heterocycles. The molecule has 162 valence electrons. The molecule has 0 atom stereocenters. The first-order valence-corrected chi connectivity index (χ1v) is 9.63. The zero-order valence-corrected chi connectivity index (χ0v) is 16.6. The van der Waals surface area contributed by atoms with Crippen LogP contribution in [0.1, 0.15) is 16.7 Å². The Morgan fingerprint density at radius 2 is 1.81 bits per heavy atom. The van der Waals surface area contributed by atoms with E-state index in [0.29, 0.717) is 28.3 Å². The summed E-state index contributed by atoms with van der Waals surface area (Å²) in [5.41, 5.74) is 1.66. The van der Waals surface area contributed by atoms with Gasteiger partial charge in [0.05, 0.1) is 17.0 Å². The number of carbonyl (C=O) groups is 2. The number of pyridine rings is 1. The average molecular weight is 436 g/mol. The van der Waals surface area contributed by atoms with Crippen LogP contribution in [0.3, 0.4) is 0 Å². The fourth-order valence-electron chi connectivity index (χ4n) is 3.28. The minimum atomic E-state index is -0.635. The summed E-state index contributed by atoms with van der Waals surface area (Å²) in [7, 11) is 0. The number of ether oxygens (including phenoxy) is 1. The Morgan fingerprint density at radius 3 is 2.53 bits per heavy atom. The van der Waals surface area contributed by atoms with Crippen molar-refractivity contribution in [3.63, 3.8) is 0 Å². The standard InChI is InChI=1S/C22H17FN4O5/c23-18-11-14(10-16(28)9-13-1-4-15(5-2-13)27(30)31)3-6-20(18)32-19-7-8-24-21-17(19)12-25-22(29)26-21/h1-8,11H,9-10,12H2,(H2,24,25,26,29). The van der Waals surface area contributed by atoms with Crippen LogP contribution in [0.2, 0.25) is 0 Å². The number of nitro benzene ring substituents is 1. The van der Waals surface area contributed by atoms with Gasteiger partial charge < -0.3 is 10.1 Å². The largest absolute Gasteiger partial charge is 0.454 e. The van der Waals surface area contributed by atoms with Gasteiger partial charge in [-0.25, -0.2) is 14.2 Å². The number of nitrogens with zero attached hydrogens (tertiary/aromatic N) is 2. The molecule has 10 heteroatoms. The van der Waals surface area contributed by atoms with E-state index < -0.39 is 10.7 Å². The molecule has 2 aromatic carbocycles. The van der Waals surface area contributed by atoms with Gasteiger partial charge in [0, 0.05) is 31.2 Å². The van der Waals surface area contributed by atoms with Crippen molar-refractivity contribution >= 4 is 23.3 Å². The Bertz CT molecular complexity index is 1210. The first-order valence-electron chi connectivity index (χ1n) is 9.63. The zero-order chi connectivity index (χ0) is 22.7. The molecule has 1 aromatic heterocycles. The Hall–Kier alpha value is -4.34. The van der Waals surface area contributed by atoms with Gasteiger partial charge in [-0.2, -0.15) is 0 Å². The third-order valence-electron chi connectivity index (χ3n) is 4.84. The fourth-order valence-corrected chi connectivity index (χ4v) is 3.28. The second-order valence-electron chi connectivity index (χ2n) is 7.13. The lowest BCUT2D eigenvalue weighted by Crippen LogP contribution is -2.34. The molecule has 2 heterocycles. The molecule has 3 aromatic rings. The summed E-state index contributed by atoms with van der Waals surface area (Å²) in [6, 6.07) is 11.2. The van der Waals surface area contributed by atoms with E-state index in [2.05, 4.69) is 15.6 Å². The predicted molar refractivity (Wildman–Crippen MR) is 112 cm³/mol. The number of non-ortho nitro benzene ring substituents is 1. The van der Waals surface area contributed by atoms with E-state index in [0.717, 1.165) is 0 Å². The molecule has 0 aliphatic carbocycles. The number of rotatable bonds is 7. The molecule has 2 amide bonds. The van der Waals surface area contributed by atoms with E-state index in [1.165, 1.54) is 42.6 Å². The minimum Gasteiger partial charge on any atom is -0.454 e. The quantitative estimate of drug-likeness (QED) is 0.428. The predicted octanol–water partition coefficient (Wildman–Crippen LogP) is 3.91. The highest BCUT2D eigenvalue weighted by Crippen LogP contribution is 2.32. The van der Waals surface area contributed by atoms with E-state index in [9.17, 15) is 24.1 Å². The number of hydrogen-bond acceptors (Lipinski definition) is 6. The van der Waals surface area contributed by atoms with E-state index in [1.807, 2.05) is 0 Å². The summed E-state index contributed by atoms with van der Waals surface area (Å²) in [6.45, 7) is 0.196. The molecule has 0 bridgehead atoms. The van der Waals surface area contributed by atoms with Crippen molar-refractivity contribution in [2.24, 2.45) is 0 Å². The molecule has 32 heavy (non-hydrogen) atoms. The second kappa shape index (κ2) is 8.80. The summed E-state index contributed by atoms with van der Waals surface area (Å²) in [5.74, 6) is -0.119. The minimum absolute atomic E-state index is 0.00872. The van der Waals surface area contributed by atoms with Crippen molar-refractivity contribution < 1.29 is 23.6 Å². The smallest absolute Gasteiger partial charge is 0.320 e. The lowest BCUT2D eigenvalue weighted by molar-refractivity contribution is -0.384. The number of amides is 2. The lowest BCUT2D eigenvalue weighted by Gasteiger charge is -2.20. The molecular weight excluding hydrogens is 419 g/mol. The number of hydrogen-bond donors (Lipinski definition) is 2. The number of ketones is 1. The number of anilines is 1. The Morgan fingerprint density at radius 1 is 1.09 bits per heavy atom. The average Bonchev–Trinajstić information content (AvgIpc) is 2.76. The maximum absolute atomic E-state index is 14.6. The number of aromatic nitrogens is 1. The second-order valence-corrected chi connectivity index (χ2v) is 7.13. The van der Waals surface area contributed by atoms with Crippen molar-refractivity contribution in [3.8, 4) is 11.5 Å². The molecule has 2 N–H and O–H groups in total. The number of carbonyl (C=O) groups excluding carboxylic acids is 2. The number of benzene rings is 2. The number of urea groups is 1. The van der Waals surface area contributed by atoms with Gasteiger partial charge >= 0.3 is 6.03 Å². The zero-order valence-electron chi connectivity index (χ0n) is 16.6. The first-order chi connectivity index (χ1) is 15.4. The molecule has 0 unspecified atom stereocenters. The lowest BCUT2D eigenvalue weighted by atomic mass is 10.0. The summed E-state index contributed by atoms with van der Waals surface area (Å²) >= 11 is 0. The highest BCUT2D eigenvalue weighted by atomic mass is 19.1. The fraction of sp³-hybridized carbons (Fsp3) is 0.136. The van der Waals surface area contributed by atoms with Crippen LogP contribution in [-0.2, 0) is 24.2 Å². The number of nitro groups is 1. The number of halogens is 1. The Balaban J connectivity index is 1.42. The number of nitrogens with one attached hydrogen (secondary N) is 2. The van der Waals surface area contributed by atoms with Crippen molar-refractivity contribution in [1.29, 1.82) is 0 Å². The van der Waals surface area contributed by atoms with Crippen LogP contribution < -0.4 is 15.4 Å². The van der Waals surface area contributed by atoms with Gasteiger partial charge in [-0.05, 0) is 29.3 Å². The Labute approximate surface area is 181 Å². The summed E-state index contributed by atoms with van der Waals surface area (Å²) in [4.78, 5) is 38.0. The highest BCUT2D eigenvalue weighted by molar-refractivity contribution is 5.91. The van der Waals surface area contributed by atoms with Gasteiger partial charge in [0.15, 0.2) is 11.6 Å². The third kappa shape index (κ3) is 4.69. The van der Waals surface area contributed by atoms with Crippen LogP contribution >= 0.6 is 0 Å². The van der Waals surface area contributed by atoms with Crippen LogP contribution in [0.4, 0.5) is 20.7 Å². The normalized spacial score (nSPS) is 12.3. The van der Waals surface area contributed by atoms with Crippen LogP contribution in [0.25, 0.3) is 0 Å². The monoisotopic (exact) mass is 436 g/mol. The molecule has 1 aliphatic rings. The van der Waals surface area contributed by atoms with E-state index in [1.54, 1.807) is 12.1 Å². The van der Waals surface area contributed by atoms with Gasteiger partial charge in [0.25, 0.3) is 5.69 Å². The van der Waals surface area contributed by atoms with Crippen molar-refractivity contribution in [2.45, 2.75) is 19.4 Å². The molecule has 0 spiro atoms. The van der Waals surface area contributed by atoms with Crippen LogP contribution in [-0.4, -0.2) is 21.7 Å². The Kier molecular flexibility index (Phi) is 5.75. The van der Waals surface area contributed by atoms with Crippen molar-refractivity contribution in [1.82, 2.24) is 10.3 Å². The van der Waals surface area contributed by atoms with Crippen molar-refractivity contribution in [3.05, 3.63) is 87.3 Å². The molecule has 9 nitrogen and oxygen atoms in total. The number of Topliss-reactive ketones (excluding diaryl/α,β-unsaturated/α-hetero) is 1. The SMILES string of the molecule is O=C(Cc1ccc([N+](=O)[O-])cc1)Cc1ccc(Oc2ccnc3c2CNC(=O)N3)c(F)c1. The van der Waals surface area contributed by atoms with E-state index in [-0.39, 0.29) is 42.6 Å². The van der Waals surface area contributed by atoms with Crippen molar-refractivity contribution in [2.75, 3.05) is 5.32 Å².